The largest absolute Gasteiger partial charge is 0.332 e. The van der Waals surface area contributed by atoms with Gasteiger partial charge in [-0.3, -0.25) is 9.59 Å². The predicted octanol–water partition coefficient (Wildman–Crippen LogP) is 3.41. The molecule has 1 aliphatic heterocycles. The lowest BCUT2D eigenvalue weighted by Crippen LogP contribution is -2.45. The Morgan fingerprint density at radius 2 is 2.10 bits per heavy atom. The number of Topliss-reactive ketones (excluding diaryl/α,β-unsaturated/α-hetero) is 1. The van der Waals surface area contributed by atoms with Crippen LogP contribution < -0.4 is 0 Å². The van der Waals surface area contributed by atoms with Crippen molar-refractivity contribution >= 4 is 23.3 Å². The second-order valence-electron chi connectivity index (χ2n) is 6.06. The van der Waals surface area contributed by atoms with Crippen molar-refractivity contribution in [2.75, 3.05) is 6.54 Å². The summed E-state index contributed by atoms with van der Waals surface area (Å²) in [5.41, 5.74) is 2.02. The highest BCUT2D eigenvalue weighted by Gasteiger charge is 2.34. The topological polar surface area (TPSA) is 37.4 Å². The summed E-state index contributed by atoms with van der Waals surface area (Å²) in [6.45, 7) is 6.42. The molecule has 0 aromatic heterocycles. The second-order valence-corrected chi connectivity index (χ2v) is 6.47. The van der Waals surface area contributed by atoms with E-state index in [1.54, 1.807) is 4.90 Å². The number of ketones is 1. The van der Waals surface area contributed by atoms with E-state index < -0.39 is 0 Å². The van der Waals surface area contributed by atoms with Crippen LogP contribution in [0.15, 0.2) is 18.2 Å². The van der Waals surface area contributed by atoms with Crippen LogP contribution in [0.1, 0.15) is 37.8 Å². The molecule has 1 heterocycles. The minimum absolute atomic E-state index is 0.0808. The number of halogens is 1. The zero-order chi connectivity index (χ0) is 15.6. The van der Waals surface area contributed by atoms with Crippen LogP contribution >= 0.6 is 11.6 Å². The van der Waals surface area contributed by atoms with Crippen molar-refractivity contribution in [1.29, 1.82) is 0 Å². The van der Waals surface area contributed by atoms with E-state index in [-0.39, 0.29) is 23.7 Å². The Balaban J connectivity index is 2.27. The van der Waals surface area contributed by atoms with E-state index in [0.717, 1.165) is 17.5 Å². The summed E-state index contributed by atoms with van der Waals surface area (Å²) >= 11 is 6.29. The quantitative estimate of drug-likeness (QED) is 0.836. The van der Waals surface area contributed by atoms with Crippen LogP contribution in [-0.4, -0.2) is 29.2 Å². The van der Waals surface area contributed by atoms with Gasteiger partial charge in [0, 0.05) is 30.3 Å². The summed E-state index contributed by atoms with van der Waals surface area (Å²) in [7, 11) is 0. The molecule has 0 saturated carbocycles. The van der Waals surface area contributed by atoms with E-state index in [4.69, 9.17) is 11.6 Å². The van der Waals surface area contributed by atoms with Crippen LogP contribution in [0.3, 0.4) is 0 Å². The number of benzene rings is 1. The normalized spacial score (nSPS) is 16.6. The van der Waals surface area contributed by atoms with Crippen LogP contribution in [0.5, 0.6) is 0 Å². The number of aryl methyl sites for hydroxylation is 1. The van der Waals surface area contributed by atoms with Gasteiger partial charge in [-0.1, -0.05) is 37.6 Å². The van der Waals surface area contributed by atoms with E-state index in [9.17, 15) is 9.59 Å². The monoisotopic (exact) mass is 307 g/mol. The van der Waals surface area contributed by atoms with E-state index >= 15 is 0 Å². The number of likely N-dealkylation sites (tertiary alicyclic amines) is 1. The maximum Gasteiger partial charge on any atom is 0.223 e. The number of carbonyl (C=O) groups excluding carboxylic acids is 2. The van der Waals surface area contributed by atoms with Crippen molar-refractivity contribution in [3.8, 4) is 0 Å². The molecule has 0 bridgehead atoms. The summed E-state index contributed by atoms with van der Waals surface area (Å²) in [5.74, 6) is 0.103. The molecule has 1 aromatic rings. The molecule has 0 aliphatic carbocycles. The van der Waals surface area contributed by atoms with E-state index in [2.05, 4.69) is 0 Å². The fraction of sp³-hybridized carbons (Fsp3) is 0.529. The summed E-state index contributed by atoms with van der Waals surface area (Å²) in [6, 6.07) is 5.46. The Bertz CT molecular complexity index is 554. The molecule has 1 aromatic carbocycles. The molecule has 1 unspecified atom stereocenters. The van der Waals surface area contributed by atoms with Gasteiger partial charge in [-0.05, 0) is 30.5 Å². The molecule has 0 N–H and O–H groups in total. The molecular weight excluding hydrogens is 286 g/mol. The van der Waals surface area contributed by atoms with Crippen molar-refractivity contribution in [2.24, 2.45) is 5.92 Å². The number of hydrogen-bond donors (Lipinski definition) is 0. The Morgan fingerprint density at radius 1 is 1.38 bits per heavy atom. The Labute approximate surface area is 131 Å². The van der Waals surface area contributed by atoms with Crippen LogP contribution in [0.2, 0.25) is 5.02 Å². The van der Waals surface area contributed by atoms with Gasteiger partial charge in [0.15, 0.2) is 5.78 Å². The van der Waals surface area contributed by atoms with E-state index in [1.807, 2.05) is 39.0 Å². The standard InChI is InChI=1S/C17H22ClNO2/c1-11(2)17(21)15(19-8-4-5-16(19)20)10-13-7-6-12(3)9-14(13)18/h6-7,9,11,15H,4-5,8,10H2,1-3H3. The maximum absolute atomic E-state index is 12.5. The van der Waals surface area contributed by atoms with Crippen LogP contribution in [0.4, 0.5) is 0 Å². The SMILES string of the molecule is Cc1ccc(CC(C(=O)C(C)C)N2CCCC2=O)c(Cl)c1. The third-order valence-electron chi connectivity index (χ3n) is 4.01. The predicted molar refractivity (Wildman–Crippen MR) is 84.5 cm³/mol. The van der Waals surface area contributed by atoms with E-state index in [1.165, 1.54) is 0 Å². The Morgan fingerprint density at radius 3 is 2.62 bits per heavy atom. The van der Waals surface area contributed by atoms with Gasteiger partial charge in [-0.25, -0.2) is 0 Å². The molecule has 21 heavy (non-hydrogen) atoms. The molecule has 1 aliphatic rings. The first-order valence-electron chi connectivity index (χ1n) is 7.48. The third-order valence-corrected chi connectivity index (χ3v) is 4.36. The number of carbonyl (C=O) groups is 2. The molecular formula is C17H22ClNO2. The number of nitrogens with zero attached hydrogens (tertiary/aromatic N) is 1. The van der Waals surface area contributed by atoms with Gasteiger partial charge in [0.2, 0.25) is 5.91 Å². The first kappa shape index (κ1) is 16.0. The van der Waals surface area contributed by atoms with Gasteiger partial charge in [0.05, 0.1) is 6.04 Å². The average molecular weight is 308 g/mol. The van der Waals surface area contributed by atoms with Gasteiger partial charge < -0.3 is 4.90 Å². The lowest BCUT2D eigenvalue weighted by Gasteiger charge is -2.28. The van der Waals surface area contributed by atoms with Gasteiger partial charge in [-0.15, -0.1) is 0 Å². The van der Waals surface area contributed by atoms with Crippen molar-refractivity contribution in [3.63, 3.8) is 0 Å². The van der Waals surface area contributed by atoms with Crippen LogP contribution in [-0.2, 0) is 16.0 Å². The second kappa shape index (κ2) is 6.61. The Hall–Kier alpha value is -1.35. The minimum Gasteiger partial charge on any atom is -0.332 e. The van der Waals surface area contributed by atoms with Crippen LogP contribution in [0.25, 0.3) is 0 Å². The lowest BCUT2D eigenvalue weighted by atomic mass is 9.94. The fourth-order valence-corrected chi connectivity index (χ4v) is 3.09. The number of rotatable bonds is 5. The molecule has 3 nitrogen and oxygen atoms in total. The minimum atomic E-state index is -0.389. The molecule has 114 valence electrons. The molecule has 2 rings (SSSR count). The first-order chi connectivity index (χ1) is 9.90. The van der Waals surface area contributed by atoms with Crippen molar-refractivity contribution < 1.29 is 9.59 Å². The van der Waals surface area contributed by atoms with Crippen LogP contribution in [0, 0.1) is 12.8 Å². The first-order valence-corrected chi connectivity index (χ1v) is 7.86. The average Bonchev–Trinajstić information content (AvgIpc) is 2.83. The number of amides is 1. The summed E-state index contributed by atoms with van der Waals surface area (Å²) < 4.78 is 0. The summed E-state index contributed by atoms with van der Waals surface area (Å²) in [6.07, 6.45) is 1.88. The molecule has 1 amide bonds. The van der Waals surface area contributed by atoms with Gasteiger partial charge in [0.25, 0.3) is 0 Å². The highest BCUT2D eigenvalue weighted by atomic mass is 35.5. The smallest absolute Gasteiger partial charge is 0.223 e. The van der Waals surface area contributed by atoms with Crippen molar-refractivity contribution in [2.45, 2.75) is 46.1 Å². The molecule has 1 saturated heterocycles. The molecule has 0 spiro atoms. The van der Waals surface area contributed by atoms with Gasteiger partial charge in [-0.2, -0.15) is 0 Å². The Kier molecular flexibility index (Phi) is 5.04. The fourth-order valence-electron chi connectivity index (χ4n) is 2.77. The van der Waals surface area contributed by atoms with Crippen molar-refractivity contribution in [3.05, 3.63) is 34.3 Å². The molecule has 4 heteroatoms. The van der Waals surface area contributed by atoms with E-state index in [0.29, 0.717) is 24.4 Å². The molecule has 0 radical (unpaired) electrons. The van der Waals surface area contributed by atoms with Crippen molar-refractivity contribution in [1.82, 2.24) is 4.90 Å². The lowest BCUT2D eigenvalue weighted by molar-refractivity contribution is -0.137. The maximum atomic E-state index is 12.5. The highest BCUT2D eigenvalue weighted by molar-refractivity contribution is 6.31. The highest BCUT2D eigenvalue weighted by Crippen LogP contribution is 2.24. The number of hydrogen-bond acceptors (Lipinski definition) is 2. The van der Waals surface area contributed by atoms with Gasteiger partial charge in [0.1, 0.15) is 0 Å². The zero-order valence-corrected chi connectivity index (χ0v) is 13.6. The van der Waals surface area contributed by atoms with Gasteiger partial charge >= 0.3 is 0 Å². The molecule has 1 atom stereocenters. The summed E-state index contributed by atoms with van der Waals surface area (Å²) in [5, 5.41) is 0.670. The summed E-state index contributed by atoms with van der Waals surface area (Å²) in [4.78, 5) is 26.3. The zero-order valence-electron chi connectivity index (χ0n) is 12.9. The molecule has 1 fully saturated rings. The third kappa shape index (κ3) is 3.65.